The molecule has 4 fully saturated rings. The number of pyridine rings is 1. The maximum Gasteiger partial charge on any atom is 0.417 e. The normalized spacial score (nSPS) is 23.4. The lowest BCUT2D eigenvalue weighted by Crippen LogP contribution is -2.57. The Labute approximate surface area is 369 Å². The molecule has 6 aromatic rings. The van der Waals surface area contributed by atoms with Crippen molar-refractivity contribution in [1.82, 2.24) is 29.6 Å². The van der Waals surface area contributed by atoms with Gasteiger partial charge in [0.05, 0.1) is 63.8 Å². The average molecular weight is 906 g/mol. The molecule has 2 bridgehead atoms. The fourth-order valence-corrected chi connectivity index (χ4v) is 10.8. The van der Waals surface area contributed by atoms with Crippen LogP contribution in [0.5, 0.6) is 6.01 Å². The highest BCUT2D eigenvalue weighted by atomic mass is 32.1. The second-order valence-electron chi connectivity index (χ2n) is 18.5. The number of rotatable bonds is 10. The third-order valence-electron chi connectivity index (χ3n) is 12.8. The third kappa shape index (κ3) is 7.67. The molecule has 0 radical (unpaired) electrons. The highest BCUT2D eigenvalue weighted by molar-refractivity contribution is 7.26. The summed E-state index contributed by atoms with van der Waals surface area (Å²) in [4.78, 5) is 32.0. The van der Waals surface area contributed by atoms with Crippen LogP contribution in [0.2, 0.25) is 0 Å². The van der Waals surface area contributed by atoms with Crippen molar-refractivity contribution < 1.29 is 45.7 Å². The van der Waals surface area contributed by atoms with E-state index in [0.29, 0.717) is 57.8 Å². The van der Waals surface area contributed by atoms with Gasteiger partial charge in [-0.3, -0.25) is 9.88 Å². The zero-order valence-electron chi connectivity index (χ0n) is 35.9. The van der Waals surface area contributed by atoms with Crippen molar-refractivity contribution in [2.75, 3.05) is 37.8 Å². The van der Waals surface area contributed by atoms with E-state index in [-0.39, 0.29) is 53.5 Å². The number of benzene rings is 2. The van der Waals surface area contributed by atoms with Gasteiger partial charge in [-0.05, 0) is 83.1 Å². The van der Waals surface area contributed by atoms with Crippen molar-refractivity contribution in [3.05, 3.63) is 71.5 Å². The summed E-state index contributed by atoms with van der Waals surface area (Å²) in [6.45, 7) is 7.63. The number of ether oxygens (including phenoxy) is 4. The van der Waals surface area contributed by atoms with Crippen LogP contribution in [0.4, 0.5) is 32.6 Å². The second-order valence-corrected chi connectivity index (χ2v) is 19.5. The van der Waals surface area contributed by atoms with Gasteiger partial charge in [-0.1, -0.05) is 30.3 Å². The van der Waals surface area contributed by atoms with Crippen LogP contribution >= 0.6 is 11.3 Å². The minimum absolute atomic E-state index is 0.0144. The van der Waals surface area contributed by atoms with E-state index in [1.807, 2.05) is 56.0 Å². The molecule has 18 heteroatoms. The number of aryl methyl sites for hydroxylation is 1. The summed E-state index contributed by atoms with van der Waals surface area (Å²) in [5.41, 5.74) is -1.77. The topological polar surface area (TPSA) is 117 Å². The Morgan fingerprint density at radius 2 is 1.73 bits per heavy atom. The molecule has 1 amide bonds. The van der Waals surface area contributed by atoms with Crippen molar-refractivity contribution in [1.29, 1.82) is 0 Å². The van der Waals surface area contributed by atoms with Gasteiger partial charge in [0.2, 0.25) is 0 Å². The molecule has 2 aromatic carbocycles. The van der Waals surface area contributed by atoms with Gasteiger partial charge in [0.15, 0.2) is 6.23 Å². The van der Waals surface area contributed by atoms with E-state index < -0.39 is 54.0 Å². The van der Waals surface area contributed by atoms with Gasteiger partial charge in [-0.2, -0.15) is 28.2 Å². The van der Waals surface area contributed by atoms with Crippen molar-refractivity contribution in [3.63, 3.8) is 0 Å². The molecule has 4 aliphatic rings. The van der Waals surface area contributed by atoms with Gasteiger partial charge in [-0.15, -0.1) is 11.3 Å². The summed E-state index contributed by atoms with van der Waals surface area (Å²) in [7, 11) is 0. The lowest BCUT2D eigenvalue weighted by atomic mass is 9.94. The van der Waals surface area contributed by atoms with E-state index in [1.165, 1.54) is 25.4 Å². The highest BCUT2D eigenvalue weighted by Gasteiger charge is 2.72. The maximum atomic E-state index is 15.3. The molecule has 3 aliphatic heterocycles. The molecule has 64 heavy (non-hydrogen) atoms. The highest BCUT2D eigenvalue weighted by Crippen LogP contribution is 2.61. The summed E-state index contributed by atoms with van der Waals surface area (Å²) in [5.74, 6) is -2.62. The number of thiophene rings is 1. The zero-order valence-corrected chi connectivity index (χ0v) is 36.7. The average Bonchev–Trinajstić information content (AvgIpc) is 3.60. The molecular formula is C46H48F5N7O5S. The first-order valence-corrected chi connectivity index (χ1v) is 22.5. The zero-order chi connectivity index (χ0) is 44.8. The molecule has 4 atom stereocenters. The number of alkyl halides is 5. The van der Waals surface area contributed by atoms with Gasteiger partial charge >= 0.3 is 18.3 Å². The largest absolute Gasteiger partial charge is 0.462 e. The first-order chi connectivity index (χ1) is 30.5. The van der Waals surface area contributed by atoms with Crippen molar-refractivity contribution in [3.8, 4) is 17.3 Å². The Hall–Kier alpha value is -5.20. The van der Waals surface area contributed by atoms with E-state index in [0.717, 1.165) is 42.6 Å². The minimum Gasteiger partial charge on any atom is -0.462 e. The minimum atomic E-state index is -4.75. The molecule has 1 saturated carbocycles. The van der Waals surface area contributed by atoms with Crippen LogP contribution in [0.25, 0.3) is 42.5 Å². The number of amides is 1. The molecule has 0 spiro atoms. The van der Waals surface area contributed by atoms with E-state index >= 15 is 22.0 Å². The molecule has 338 valence electrons. The maximum absolute atomic E-state index is 15.3. The van der Waals surface area contributed by atoms with Gasteiger partial charge in [0.1, 0.15) is 22.9 Å². The molecule has 0 N–H and O–H groups in total. The summed E-state index contributed by atoms with van der Waals surface area (Å²) >= 11 is 1.14. The standard InChI is InChI=1S/C46H48F5N7O5S/c1-26-18-32-31(19-53-58(32)33-12-8-9-17-61-33)34(36(26)46(49,50)51)37-38-30(15-16-52-37)35-39(56-20-28-13-14-29(21-56)57(28)42(59)63-43(2,3)4)54-41(55-40(35)64-38)62-25-44(23-45(44,47)48)24-60-22-27-10-6-5-7-11-27/h5-7,10-11,15-16,18-19,28-29,33H,8-9,12-14,17,20-25H2,1-4H3/t28-,29+,33?,44-/m1/s1. The van der Waals surface area contributed by atoms with Crippen LogP contribution in [0.15, 0.2) is 54.9 Å². The second kappa shape index (κ2) is 15.8. The first kappa shape index (κ1) is 42.7. The number of aromatic nitrogens is 5. The number of fused-ring (bicyclic) bond motifs is 6. The van der Waals surface area contributed by atoms with Crippen LogP contribution in [-0.4, -0.2) is 92.2 Å². The molecule has 10 rings (SSSR count). The predicted molar refractivity (Wildman–Crippen MR) is 231 cm³/mol. The number of hydrogen-bond donors (Lipinski definition) is 0. The van der Waals surface area contributed by atoms with Crippen molar-refractivity contribution >= 4 is 54.5 Å². The number of hydrogen-bond acceptors (Lipinski definition) is 11. The number of nitrogens with zero attached hydrogens (tertiary/aromatic N) is 7. The Bertz CT molecular complexity index is 2740. The van der Waals surface area contributed by atoms with Crippen LogP contribution in [0.3, 0.4) is 0 Å². The molecule has 1 unspecified atom stereocenters. The van der Waals surface area contributed by atoms with Crippen molar-refractivity contribution in [2.24, 2.45) is 5.41 Å². The van der Waals surface area contributed by atoms with Gasteiger partial charge in [0.25, 0.3) is 5.92 Å². The summed E-state index contributed by atoms with van der Waals surface area (Å²) in [6, 6.07) is 11.9. The monoisotopic (exact) mass is 905 g/mol. The lowest BCUT2D eigenvalue weighted by Gasteiger charge is -2.42. The van der Waals surface area contributed by atoms with Crippen LogP contribution in [-0.2, 0) is 27.0 Å². The quantitative estimate of drug-likeness (QED) is 0.123. The SMILES string of the molecule is Cc1cc2c(cnn2C2CCCCO2)c(-c2nccc3c2sc2nc(OC[C@]4(COCc5ccccc5)CC4(F)F)nc(N4C[C@H]5CC[C@@H](C4)N5C(=O)OC(C)(C)C)c23)c1C(F)(F)F. The number of piperazine rings is 1. The molecule has 1 aliphatic carbocycles. The van der Waals surface area contributed by atoms with Crippen LogP contribution < -0.4 is 9.64 Å². The molecule has 3 saturated heterocycles. The van der Waals surface area contributed by atoms with E-state index in [1.54, 1.807) is 15.6 Å². The summed E-state index contributed by atoms with van der Waals surface area (Å²) in [5, 5.41) is 5.99. The van der Waals surface area contributed by atoms with Crippen LogP contribution in [0, 0.1) is 12.3 Å². The van der Waals surface area contributed by atoms with E-state index in [4.69, 9.17) is 28.9 Å². The van der Waals surface area contributed by atoms with Gasteiger partial charge in [0, 0.05) is 48.6 Å². The predicted octanol–water partition coefficient (Wildman–Crippen LogP) is 10.5. The van der Waals surface area contributed by atoms with E-state index in [2.05, 4.69) is 10.1 Å². The van der Waals surface area contributed by atoms with Crippen molar-refractivity contribution in [2.45, 2.75) is 109 Å². The fraction of sp³-hybridized carbons (Fsp3) is 0.500. The number of halogens is 5. The Morgan fingerprint density at radius 3 is 2.41 bits per heavy atom. The molecule has 12 nitrogen and oxygen atoms in total. The van der Waals surface area contributed by atoms with Gasteiger partial charge < -0.3 is 23.8 Å². The smallest absolute Gasteiger partial charge is 0.417 e. The van der Waals surface area contributed by atoms with Gasteiger partial charge in [-0.25, -0.2) is 18.3 Å². The summed E-state index contributed by atoms with van der Waals surface area (Å²) in [6.07, 6.45) is 0.850. The third-order valence-corrected chi connectivity index (χ3v) is 13.9. The number of anilines is 1. The first-order valence-electron chi connectivity index (χ1n) is 21.7. The Morgan fingerprint density at radius 1 is 0.984 bits per heavy atom. The van der Waals surface area contributed by atoms with Crippen LogP contribution in [0.1, 0.15) is 82.2 Å². The Balaban J connectivity index is 1.08. The molecule has 7 heterocycles. The number of carbonyl (C=O) groups excluding carboxylic acids is 1. The fourth-order valence-electron chi connectivity index (χ4n) is 9.68. The summed E-state index contributed by atoms with van der Waals surface area (Å²) < 4.78 is 102. The van der Waals surface area contributed by atoms with E-state index in [9.17, 15) is 4.79 Å². The lowest BCUT2D eigenvalue weighted by molar-refractivity contribution is -0.137. The number of carbonyl (C=O) groups is 1. The molecule has 4 aromatic heterocycles. The molecular weight excluding hydrogens is 858 g/mol. The Kier molecular flexibility index (Phi) is 10.5.